The highest BCUT2D eigenvalue weighted by Gasteiger charge is 2.10. The molecular weight excluding hydrogens is 240 g/mol. The number of hydrogen-bond donors (Lipinski definition) is 0. The van der Waals surface area contributed by atoms with E-state index in [1.54, 1.807) is 6.08 Å². The molecule has 0 fully saturated rings. The summed E-state index contributed by atoms with van der Waals surface area (Å²) in [4.78, 5) is 11.1. The van der Waals surface area contributed by atoms with E-state index in [2.05, 4.69) is 9.84 Å². The smallest absolute Gasteiger partial charge is 0.330 e. The van der Waals surface area contributed by atoms with Crippen LogP contribution in [0.5, 0.6) is 0 Å². The van der Waals surface area contributed by atoms with Crippen LogP contribution in [0.4, 0.5) is 0 Å². The van der Waals surface area contributed by atoms with Crippen LogP contribution in [0.1, 0.15) is 17.0 Å². The van der Waals surface area contributed by atoms with Gasteiger partial charge in [-0.15, -0.1) is 0 Å². The Morgan fingerprint density at radius 1 is 1.26 bits per heavy atom. The van der Waals surface area contributed by atoms with Crippen LogP contribution in [0, 0.1) is 13.8 Å². The van der Waals surface area contributed by atoms with Crippen molar-refractivity contribution in [2.75, 3.05) is 7.11 Å². The highest BCUT2D eigenvalue weighted by atomic mass is 16.5. The molecule has 1 aromatic heterocycles. The molecule has 0 aliphatic rings. The van der Waals surface area contributed by atoms with E-state index in [1.807, 2.05) is 48.9 Å². The molecule has 0 aliphatic carbocycles. The average Bonchev–Trinajstić information content (AvgIpc) is 2.72. The van der Waals surface area contributed by atoms with E-state index in [1.165, 1.54) is 13.2 Å². The number of rotatable bonds is 3. The molecule has 0 atom stereocenters. The monoisotopic (exact) mass is 256 g/mol. The number of para-hydroxylation sites is 1. The van der Waals surface area contributed by atoms with Crippen molar-refractivity contribution in [2.45, 2.75) is 13.8 Å². The molecule has 0 radical (unpaired) electrons. The van der Waals surface area contributed by atoms with E-state index in [0.29, 0.717) is 0 Å². The second-order valence-corrected chi connectivity index (χ2v) is 4.19. The van der Waals surface area contributed by atoms with E-state index in [0.717, 1.165) is 22.6 Å². The van der Waals surface area contributed by atoms with Gasteiger partial charge in [0.1, 0.15) is 0 Å². The lowest BCUT2D eigenvalue weighted by Crippen LogP contribution is -1.98. The van der Waals surface area contributed by atoms with Crippen LogP contribution in [0.15, 0.2) is 36.4 Å². The number of carbonyl (C=O) groups is 1. The SMILES string of the molecule is COC(=O)C=Cc1c(C)nn(-c2ccccc2)c1C. The molecule has 1 heterocycles. The van der Waals surface area contributed by atoms with Crippen LogP contribution in [0.3, 0.4) is 0 Å². The number of benzene rings is 1. The van der Waals surface area contributed by atoms with E-state index in [4.69, 9.17) is 0 Å². The first-order valence-corrected chi connectivity index (χ1v) is 6.01. The van der Waals surface area contributed by atoms with Crippen LogP contribution in [-0.2, 0) is 9.53 Å². The summed E-state index contributed by atoms with van der Waals surface area (Å²) in [6, 6.07) is 9.89. The highest BCUT2D eigenvalue weighted by molar-refractivity contribution is 5.87. The number of aromatic nitrogens is 2. The third kappa shape index (κ3) is 2.73. The zero-order valence-corrected chi connectivity index (χ0v) is 11.3. The third-order valence-electron chi connectivity index (χ3n) is 2.94. The summed E-state index contributed by atoms with van der Waals surface area (Å²) in [6.45, 7) is 3.90. The van der Waals surface area contributed by atoms with Gasteiger partial charge in [-0.3, -0.25) is 0 Å². The lowest BCUT2D eigenvalue weighted by atomic mass is 10.2. The van der Waals surface area contributed by atoms with Crippen molar-refractivity contribution in [1.29, 1.82) is 0 Å². The molecule has 4 nitrogen and oxygen atoms in total. The van der Waals surface area contributed by atoms with Crippen molar-refractivity contribution in [1.82, 2.24) is 9.78 Å². The zero-order valence-electron chi connectivity index (χ0n) is 11.3. The Bertz CT molecular complexity index is 613. The van der Waals surface area contributed by atoms with Gasteiger partial charge >= 0.3 is 5.97 Å². The van der Waals surface area contributed by atoms with Gasteiger partial charge in [0.15, 0.2) is 0 Å². The Morgan fingerprint density at radius 2 is 1.95 bits per heavy atom. The minimum Gasteiger partial charge on any atom is -0.466 e. The lowest BCUT2D eigenvalue weighted by Gasteiger charge is -2.03. The molecule has 2 aromatic rings. The summed E-state index contributed by atoms with van der Waals surface area (Å²) in [5, 5.41) is 4.50. The summed E-state index contributed by atoms with van der Waals surface area (Å²) in [6.07, 6.45) is 3.15. The quantitative estimate of drug-likeness (QED) is 0.626. The Kier molecular flexibility index (Phi) is 3.80. The summed E-state index contributed by atoms with van der Waals surface area (Å²) in [5.41, 5.74) is 3.81. The van der Waals surface area contributed by atoms with Gasteiger partial charge in [-0.05, 0) is 32.1 Å². The van der Waals surface area contributed by atoms with Crippen molar-refractivity contribution in [3.63, 3.8) is 0 Å². The third-order valence-corrected chi connectivity index (χ3v) is 2.94. The molecular formula is C15H16N2O2. The fourth-order valence-corrected chi connectivity index (χ4v) is 1.94. The van der Waals surface area contributed by atoms with Gasteiger partial charge < -0.3 is 4.74 Å². The van der Waals surface area contributed by atoms with E-state index in [9.17, 15) is 4.79 Å². The molecule has 98 valence electrons. The average molecular weight is 256 g/mol. The van der Waals surface area contributed by atoms with E-state index >= 15 is 0 Å². The predicted molar refractivity (Wildman–Crippen MR) is 74.1 cm³/mol. The molecule has 19 heavy (non-hydrogen) atoms. The fourth-order valence-electron chi connectivity index (χ4n) is 1.94. The standard InChI is InChI=1S/C15H16N2O2/c1-11-14(9-10-15(18)19-3)12(2)17(16-11)13-7-5-4-6-8-13/h4-10H,1-3H3. The number of ether oxygens (including phenoxy) is 1. The first-order chi connectivity index (χ1) is 9.13. The molecule has 1 aromatic carbocycles. The van der Waals surface area contributed by atoms with E-state index in [-0.39, 0.29) is 5.97 Å². The number of esters is 1. The number of hydrogen-bond acceptors (Lipinski definition) is 3. The minimum absolute atomic E-state index is 0.369. The van der Waals surface area contributed by atoms with E-state index < -0.39 is 0 Å². The molecule has 0 saturated heterocycles. The molecule has 0 N–H and O–H groups in total. The topological polar surface area (TPSA) is 44.1 Å². The summed E-state index contributed by atoms with van der Waals surface area (Å²) in [5.74, 6) is -0.369. The first-order valence-electron chi connectivity index (χ1n) is 6.01. The fraction of sp³-hybridized carbons (Fsp3) is 0.200. The maximum atomic E-state index is 11.1. The Labute approximate surface area is 112 Å². The van der Waals surface area contributed by atoms with Gasteiger partial charge in [-0.1, -0.05) is 18.2 Å². The summed E-state index contributed by atoms with van der Waals surface area (Å²) >= 11 is 0. The lowest BCUT2D eigenvalue weighted by molar-refractivity contribution is -0.134. The second-order valence-electron chi connectivity index (χ2n) is 4.19. The van der Waals surface area contributed by atoms with Gasteiger partial charge in [0, 0.05) is 17.3 Å². The number of methoxy groups -OCH3 is 1. The summed E-state index contributed by atoms with van der Waals surface area (Å²) in [7, 11) is 1.36. The van der Waals surface area contributed by atoms with Gasteiger partial charge in [0.05, 0.1) is 18.5 Å². The van der Waals surface area contributed by atoms with Crippen LogP contribution in [0.2, 0.25) is 0 Å². The van der Waals surface area contributed by atoms with Crippen molar-refractivity contribution in [3.8, 4) is 5.69 Å². The van der Waals surface area contributed by atoms with Gasteiger partial charge in [0.2, 0.25) is 0 Å². The number of carbonyl (C=O) groups excluding carboxylic acids is 1. The molecule has 0 aliphatic heterocycles. The van der Waals surface area contributed by atoms with Crippen molar-refractivity contribution in [2.24, 2.45) is 0 Å². The maximum Gasteiger partial charge on any atom is 0.330 e. The van der Waals surface area contributed by atoms with Crippen molar-refractivity contribution >= 4 is 12.0 Å². The Morgan fingerprint density at radius 3 is 2.58 bits per heavy atom. The van der Waals surface area contributed by atoms with Crippen LogP contribution in [-0.4, -0.2) is 22.9 Å². The number of aryl methyl sites for hydroxylation is 1. The molecule has 0 unspecified atom stereocenters. The maximum absolute atomic E-state index is 11.1. The Balaban J connectivity index is 2.41. The van der Waals surface area contributed by atoms with Crippen LogP contribution >= 0.6 is 0 Å². The first kappa shape index (κ1) is 13.1. The molecule has 0 amide bonds. The number of nitrogens with zero attached hydrogens (tertiary/aromatic N) is 2. The van der Waals surface area contributed by atoms with Gasteiger partial charge in [-0.2, -0.15) is 5.10 Å². The highest BCUT2D eigenvalue weighted by Crippen LogP contribution is 2.18. The Hall–Kier alpha value is -2.36. The van der Waals surface area contributed by atoms with Crippen LogP contribution < -0.4 is 0 Å². The largest absolute Gasteiger partial charge is 0.466 e. The van der Waals surface area contributed by atoms with Crippen molar-refractivity contribution in [3.05, 3.63) is 53.4 Å². The zero-order chi connectivity index (χ0) is 13.8. The van der Waals surface area contributed by atoms with Gasteiger partial charge in [0.25, 0.3) is 0 Å². The predicted octanol–water partition coefficient (Wildman–Crippen LogP) is 2.68. The normalized spacial score (nSPS) is 10.9. The van der Waals surface area contributed by atoms with Crippen LogP contribution in [0.25, 0.3) is 11.8 Å². The van der Waals surface area contributed by atoms with Gasteiger partial charge in [-0.25, -0.2) is 9.48 Å². The molecule has 0 bridgehead atoms. The molecule has 4 heteroatoms. The molecule has 0 saturated carbocycles. The molecule has 2 rings (SSSR count). The molecule has 0 spiro atoms. The second kappa shape index (κ2) is 5.52. The summed E-state index contributed by atoms with van der Waals surface area (Å²) < 4.78 is 6.46. The van der Waals surface area contributed by atoms with Crippen molar-refractivity contribution < 1.29 is 9.53 Å². The minimum atomic E-state index is -0.369.